The highest BCUT2D eigenvalue weighted by molar-refractivity contribution is 5.99. The molecule has 0 aliphatic rings. The van der Waals surface area contributed by atoms with Crippen LogP contribution >= 0.6 is 0 Å². The van der Waals surface area contributed by atoms with E-state index in [1.807, 2.05) is 0 Å². The Hall–Kier alpha value is -3.28. The molecule has 1 N–H and O–H groups in total. The normalized spacial score (nSPS) is 10.5. The Morgan fingerprint density at radius 2 is 1.85 bits per heavy atom. The van der Waals surface area contributed by atoms with Crippen molar-refractivity contribution in [2.24, 2.45) is 0 Å². The summed E-state index contributed by atoms with van der Waals surface area (Å²) in [5, 5.41) is 2.67. The molecule has 26 heavy (non-hydrogen) atoms. The van der Waals surface area contributed by atoms with Crippen LogP contribution in [0.1, 0.15) is 29.3 Å². The van der Waals surface area contributed by atoms with E-state index in [0.29, 0.717) is 23.2 Å². The standard InChI is InChI=1S/C20H18FNO4/c1-2-19(24)22-17-9-7-15(8-10-17)18(23)13-26-20(25)11-6-14-4-3-5-16(21)12-14/h3-12H,2,13H2,1H3,(H,22,24)/b11-6+. The number of benzene rings is 2. The summed E-state index contributed by atoms with van der Waals surface area (Å²) in [7, 11) is 0. The van der Waals surface area contributed by atoms with Crippen molar-refractivity contribution in [2.75, 3.05) is 11.9 Å². The van der Waals surface area contributed by atoms with Gasteiger partial charge in [-0.2, -0.15) is 0 Å². The minimum atomic E-state index is -0.700. The van der Waals surface area contributed by atoms with E-state index in [2.05, 4.69) is 5.32 Å². The molecule has 5 nitrogen and oxygen atoms in total. The van der Waals surface area contributed by atoms with Gasteiger partial charge in [0, 0.05) is 23.7 Å². The molecule has 2 rings (SSSR count). The summed E-state index contributed by atoms with van der Waals surface area (Å²) in [4.78, 5) is 35.0. The van der Waals surface area contributed by atoms with Crippen molar-refractivity contribution >= 4 is 29.4 Å². The smallest absolute Gasteiger partial charge is 0.331 e. The maximum absolute atomic E-state index is 13.0. The van der Waals surface area contributed by atoms with Crippen LogP contribution in [-0.4, -0.2) is 24.3 Å². The van der Waals surface area contributed by atoms with Gasteiger partial charge in [0.05, 0.1) is 0 Å². The van der Waals surface area contributed by atoms with Gasteiger partial charge < -0.3 is 10.1 Å². The molecule has 0 aliphatic carbocycles. The van der Waals surface area contributed by atoms with Gasteiger partial charge >= 0.3 is 5.97 Å². The van der Waals surface area contributed by atoms with Gasteiger partial charge in [-0.3, -0.25) is 9.59 Å². The van der Waals surface area contributed by atoms with Gasteiger partial charge in [-0.25, -0.2) is 9.18 Å². The van der Waals surface area contributed by atoms with Crippen molar-refractivity contribution in [3.05, 3.63) is 71.6 Å². The summed E-state index contributed by atoms with van der Waals surface area (Å²) < 4.78 is 17.9. The van der Waals surface area contributed by atoms with E-state index in [-0.39, 0.29) is 11.7 Å². The van der Waals surface area contributed by atoms with Crippen molar-refractivity contribution < 1.29 is 23.5 Å². The third kappa shape index (κ3) is 5.98. The second-order valence-electron chi connectivity index (χ2n) is 5.40. The highest BCUT2D eigenvalue weighted by Crippen LogP contribution is 2.11. The zero-order chi connectivity index (χ0) is 18.9. The first kappa shape index (κ1) is 19.1. The molecule has 2 aromatic rings. The number of nitrogens with one attached hydrogen (secondary N) is 1. The van der Waals surface area contributed by atoms with Crippen LogP contribution in [0.3, 0.4) is 0 Å². The van der Waals surface area contributed by atoms with Crippen LogP contribution in [0, 0.1) is 5.82 Å². The fourth-order valence-corrected chi connectivity index (χ4v) is 2.03. The van der Waals surface area contributed by atoms with E-state index < -0.39 is 18.4 Å². The van der Waals surface area contributed by atoms with Crippen molar-refractivity contribution in [2.45, 2.75) is 13.3 Å². The molecule has 0 spiro atoms. The first-order chi connectivity index (χ1) is 12.5. The lowest BCUT2D eigenvalue weighted by atomic mass is 10.1. The van der Waals surface area contributed by atoms with Crippen molar-refractivity contribution in [1.82, 2.24) is 0 Å². The molecule has 0 bridgehead atoms. The molecule has 0 fully saturated rings. The number of amides is 1. The fourth-order valence-electron chi connectivity index (χ4n) is 2.03. The molecule has 134 valence electrons. The van der Waals surface area contributed by atoms with Crippen LogP contribution in [-0.2, 0) is 14.3 Å². The third-order valence-electron chi connectivity index (χ3n) is 3.42. The van der Waals surface area contributed by atoms with Crippen LogP contribution in [0.4, 0.5) is 10.1 Å². The monoisotopic (exact) mass is 355 g/mol. The SMILES string of the molecule is CCC(=O)Nc1ccc(C(=O)COC(=O)/C=C/c2cccc(F)c2)cc1. The summed E-state index contributed by atoms with van der Waals surface area (Å²) in [5.41, 5.74) is 1.46. The molecule has 0 saturated heterocycles. The fraction of sp³-hybridized carbons (Fsp3) is 0.150. The number of esters is 1. The summed E-state index contributed by atoms with van der Waals surface area (Å²) in [5.74, 6) is -1.60. The Bertz CT molecular complexity index is 828. The molecule has 0 heterocycles. The van der Waals surface area contributed by atoms with Gasteiger partial charge in [-0.1, -0.05) is 19.1 Å². The lowest BCUT2D eigenvalue weighted by Crippen LogP contribution is -2.13. The predicted octanol–water partition coefficient (Wildman–Crippen LogP) is 3.61. The lowest BCUT2D eigenvalue weighted by molar-refractivity contribution is -0.136. The molecule has 0 aromatic heterocycles. The highest BCUT2D eigenvalue weighted by Gasteiger charge is 2.09. The minimum Gasteiger partial charge on any atom is -0.454 e. The molecule has 2 aromatic carbocycles. The van der Waals surface area contributed by atoms with Gasteiger partial charge in [-0.15, -0.1) is 0 Å². The summed E-state index contributed by atoms with van der Waals surface area (Å²) in [6.45, 7) is 1.33. The number of anilines is 1. The Labute approximate surface area is 150 Å². The van der Waals surface area contributed by atoms with Gasteiger partial charge in [0.1, 0.15) is 5.82 Å². The second kappa shape index (κ2) is 9.27. The number of carbonyl (C=O) groups excluding carboxylic acids is 3. The Morgan fingerprint density at radius 1 is 1.12 bits per heavy atom. The largest absolute Gasteiger partial charge is 0.454 e. The van der Waals surface area contributed by atoms with Crippen molar-refractivity contribution in [3.8, 4) is 0 Å². The van der Waals surface area contributed by atoms with E-state index in [9.17, 15) is 18.8 Å². The Balaban J connectivity index is 1.85. The average Bonchev–Trinajstić information content (AvgIpc) is 2.65. The number of ether oxygens (including phenoxy) is 1. The van der Waals surface area contributed by atoms with Gasteiger partial charge in [0.15, 0.2) is 12.4 Å². The average molecular weight is 355 g/mol. The number of Topliss-reactive ketones (excluding diaryl/α,β-unsaturated/α-hetero) is 1. The number of carbonyl (C=O) groups is 3. The molecule has 6 heteroatoms. The molecular formula is C20H18FNO4. The molecule has 1 amide bonds. The molecular weight excluding hydrogens is 337 g/mol. The Morgan fingerprint density at radius 3 is 2.50 bits per heavy atom. The zero-order valence-corrected chi connectivity index (χ0v) is 14.2. The van der Waals surface area contributed by atoms with Gasteiger partial charge in [-0.05, 0) is 48.0 Å². The van der Waals surface area contributed by atoms with E-state index in [4.69, 9.17) is 4.74 Å². The van der Waals surface area contributed by atoms with Crippen LogP contribution in [0.15, 0.2) is 54.6 Å². The first-order valence-corrected chi connectivity index (χ1v) is 8.01. The highest BCUT2D eigenvalue weighted by atomic mass is 19.1. The molecule has 0 saturated carbocycles. The van der Waals surface area contributed by atoms with E-state index >= 15 is 0 Å². The number of hydrogen-bond donors (Lipinski definition) is 1. The minimum absolute atomic E-state index is 0.122. The first-order valence-electron chi connectivity index (χ1n) is 8.01. The van der Waals surface area contributed by atoms with Gasteiger partial charge in [0.2, 0.25) is 5.91 Å². The molecule has 0 atom stereocenters. The topological polar surface area (TPSA) is 72.5 Å². The van der Waals surface area contributed by atoms with Crippen LogP contribution in [0.2, 0.25) is 0 Å². The van der Waals surface area contributed by atoms with E-state index in [0.717, 1.165) is 6.08 Å². The Kier molecular flexibility index (Phi) is 6.79. The van der Waals surface area contributed by atoms with Gasteiger partial charge in [0.25, 0.3) is 0 Å². The van der Waals surface area contributed by atoms with E-state index in [1.54, 1.807) is 37.3 Å². The van der Waals surface area contributed by atoms with Crippen molar-refractivity contribution in [3.63, 3.8) is 0 Å². The lowest BCUT2D eigenvalue weighted by Gasteiger charge is -2.05. The van der Waals surface area contributed by atoms with Crippen LogP contribution in [0.25, 0.3) is 6.08 Å². The number of ketones is 1. The van der Waals surface area contributed by atoms with Crippen LogP contribution in [0.5, 0.6) is 0 Å². The zero-order valence-electron chi connectivity index (χ0n) is 14.2. The maximum Gasteiger partial charge on any atom is 0.331 e. The predicted molar refractivity (Wildman–Crippen MR) is 96.1 cm³/mol. The number of halogens is 1. The van der Waals surface area contributed by atoms with E-state index in [1.165, 1.54) is 24.3 Å². The maximum atomic E-state index is 13.0. The number of hydrogen-bond acceptors (Lipinski definition) is 4. The summed E-state index contributed by atoms with van der Waals surface area (Å²) in [6.07, 6.45) is 2.90. The molecule has 0 aliphatic heterocycles. The quantitative estimate of drug-likeness (QED) is 0.468. The molecule has 0 unspecified atom stereocenters. The van der Waals surface area contributed by atoms with Crippen molar-refractivity contribution in [1.29, 1.82) is 0 Å². The number of rotatable bonds is 7. The van der Waals surface area contributed by atoms with Crippen LogP contribution < -0.4 is 5.32 Å². The second-order valence-corrected chi connectivity index (χ2v) is 5.40. The summed E-state index contributed by atoms with van der Waals surface area (Å²) >= 11 is 0. The molecule has 0 radical (unpaired) electrons. The summed E-state index contributed by atoms with van der Waals surface area (Å²) in [6, 6.07) is 12.0. The third-order valence-corrected chi connectivity index (χ3v) is 3.42.